The summed E-state index contributed by atoms with van der Waals surface area (Å²) in [5.74, 6) is -2.86. The van der Waals surface area contributed by atoms with Crippen LogP contribution in [0.5, 0.6) is 0 Å². The normalized spacial score (nSPS) is 10.0. The molecular weight excluding hydrogens is 333 g/mol. The lowest BCUT2D eigenvalue weighted by molar-refractivity contribution is -0.153. The first-order chi connectivity index (χ1) is 9.35. The second kappa shape index (κ2) is 7.14. The first kappa shape index (κ1) is 16.3. The fraction of sp³-hybridized carbons (Fsp3) is 0.308. The predicted molar refractivity (Wildman–Crippen MR) is 72.2 cm³/mol. The van der Waals surface area contributed by atoms with E-state index < -0.39 is 29.9 Å². The van der Waals surface area contributed by atoms with Crippen LogP contribution in [0.4, 0.5) is 4.39 Å². The number of ether oxygens (including phenoxy) is 1. The molecule has 0 unspecified atom stereocenters. The van der Waals surface area contributed by atoms with E-state index in [1.165, 1.54) is 24.1 Å². The second-order valence-electron chi connectivity index (χ2n) is 4.09. The Labute approximate surface area is 123 Å². The first-order valence-electron chi connectivity index (χ1n) is 5.64. The summed E-state index contributed by atoms with van der Waals surface area (Å²) in [6.45, 7) is 0.201. The van der Waals surface area contributed by atoms with Crippen molar-refractivity contribution in [3.05, 3.63) is 34.1 Å². The highest BCUT2D eigenvalue weighted by molar-refractivity contribution is 9.10. The zero-order chi connectivity index (χ0) is 15.3. The SMILES string of the molecule is COC(=O)C(=O)CC(=O)N(C)Cc1ccc(F)c(Br)c1. The molecule has 0 aliphatic rings. The summed E-state index contributed by atoms with van der Waals surface area (Å²) in [6.07, 6.45) is -0.550. The Hall–Kier alpha value is -1.76. The molecule has 108 valence electrons. The number of esters is 1. The average molecular weight is 346 g/mol. The van der Waals surface area contributed by atoms with Gasteiger partial charge in [0, 0.05) is 13.6 Å². The molecule has 0 radical (unpaired) electrons. The largest absolute Gasteiger partial charge is 0.463 e. The van der Waals surface area contributed by atoms with Gasteiger partial charge in [0.05, 0.1) is 18.0 Å². The molecule has 1 rings (SSSR count). The standard InChI is InChI=1S/C13H13BrFNO4/c1-16(12(18)6-11(17)13(19)20-2)7-8-3-4-10(15)9(14)5-8/h3-5H,6-7H2,1-2H3. The van der Waals surface area contributed by atoms with Crippen molar-refractivity contribution in [2.24, 2.45) is 0 Å². The highest BCUT2D eigenvalue weighted by Gasteiger charge is 2.20. The van der Waals surface area contributed by atoms with Gasteiger partial charge in [-0.25, -0.2) is 9.18 Å². The van der Waals surface area contributed by atoms with Crippen LogP contribution in [0.15, 0.2) is 22.7 Å². The number of carbonyl (C=O) groups is 3. The van der Waals surface area contributed by atoms with Crippen LogP contribution in [0.25, 0.3) is 0 Å². The smallest absolute Gasteiger partial charge is 0.374 e. The molecule has 1 aromatic rings. The van der Waals surface area contributed by atoms with Gasteiger partial charge in [0.1, 0.15) is 5.82 Å². The molecule has 0 aromatic heterocycles. The second-order valence-corrected chi connectivity index (χ2v) is 4.94. The maximum Gasteiger partial charge on any atom is 0.374 e. The maximum atomic E-state index is 13.1. The fourth-order valence-corrected chi connectivity index (χ4v) is 1.88. The van der Waals surface area contributed by atoms with Gasteiger partial charge in [0.25, 0.3) is 0 Å². The number of Topliss-reactive ketones (excluding diaryl/α,β-unsaturated/α-hetero) is 1. The molecule has 7 heteroatoms. The third-order valence-electron chi connectivity index (χ3n) is 2.55. The van der Waals surface area contributed by atoms with Crippen LogP contribution in [0, 0.1) is 5.82 Å². The molecule has 0 aliphatic carbocycles. The topological polar surface area (TPSA) is 63.7 Å². The molecule has 0 N–H and O–H groups in total. The number of ketones is 1. The summed E-state index contributed by atoms with van der Waals surface area (Å²) in [4.78, 5) is 35.2. The van der Waals surface area contributed by atoms with Gasteiger partial charge < -0.3 is 9.64 Å². The molecule has 0 spiro atoms. The van der Waals surface area contributed by atoms with E-state index in [1.807, 2.05) is 0 Å². The third-order valence-corrected chi connectivity index (χ3v) is 3.16. The van der Waals surface area contributed by atoms with Crippen LogP contribution < -0.4 is 0 Å². The Bertz CT molecular complexity index is 547. The summed E-state index contributed by atoms with van der Waals surface area (Å²) >= 11 is 3.05. The molecule has 0 bridgehead atoms. The predicted octanol–water partition coefficient (Wildman–Crippen LogP) is 1.68. The molecular formula is C13H13BrFNO4. The number of hydrogen-bond acceptors (Lipinski definition) is 4. The highest BCUT2D eigenvalue weighted by Crippen LogP contribution is 2.17. The van der Waals surface area contributed by atoms with Crippen molar-refractivity contribution < 1.29 is 23.5 Å². The molecule has 0 aliphatic heterocycles. The highest BCUT2D eigenvalue weighted by atomic mass is 79.9. The van der Waals surface area contributed by atoms with Crippen molar-refractivity contribution in [2.75, 3.05) is 14.2 Å². The Balaban J connectivity index is 2.63. The first-order valence-corrected chi connectivity index (χ1v) is 6.43. The Morgan fingerprint density at radius 2 is 2.00 bits per heavy atom. The lowest BCUT2D eigenvalue weighted by Crippen LogP contribution is -2.30. The lowest BCUT2D eigenvalue weighted by Gasteiger charge is -2.16. The molecule has 0 fully saturated rings. The molecule has 0 saturated carbocycles. The third kappa shape index (κ3) is 4.41. The molecule has 0 atom stereocenters. The number of halogens is 2. The summed E-state index contributed by atoms with van der Waals surface area (Å²) in [7, 11) is 2.56. The Morgan fingerprint density at radius 3 is 2.55 bits per heavy atom. The van der Waals surface area contributed by atoms with Crippen LogP contribution in [0.3, 0.4) is 0 Å². The minimum absolute atomic E-state index is 0.201. The average Bonchev–Trinajstić information content (AvgIpc) is 2.41. The van der Waals surface area contributed by atoms with E-state index in [0.29, 0.717) is 10.0 Å². The fourth-order valence-electron chi connectivity index (χ4n) is 1.46. The van der Waals surface area contributed by atoms with Crippen molar-refractivity contribution in [2.45, 2.75) is 13.0 Å². The summed E-state index contributed by atoms with van der Waals surface area (Å²) < 4.78 is 17.6. The molecule has 0 heterocycles. The number of benzene rings is 1. The van der Waals surface area contributed by atoms with E-state index >= 15 is 0 Å². The van der Waals surface area contributed by atoms with E-state index in [0.717, 1.165) is 7.11 Å². The molecule has 5 nitrogen and oxygen atoms in total. The van der Waals surface area contributed by atoms with Crippen LogP contribution in [0.2, 0.25) is 0 Å². The van der Waals surface area contributed by atoms with E-state index in [4.69, 9.17) is 0 Å². The monoisotopic (exact) mass is 345 g/mol. The zero-order valence-electron chi connectivity index (χ0n) is 11.0. The zero-order valence-corrected chi connectivity index (χ0v) is 12.6. The molecule has 20 heavy (non-hydrogen) atoms. The number of carbonyl (C=O) groups excluding carboxylic acids is 3. The van der Waals surface area contributed by atoms with Crippen molar-refractivity contribution in [1.82, 2.24) is 4.90 Å². The van der Waals surface area contributed by atoms with Crippen molar-refractivity contribution in [3.8, 4) is 0 Å². The lowest BCUT2D eigenvalue weighted by atomic mass is 10.2. The Morgan fingerprint density at radius 1 is 1.35 bits per heavy atom. The van der Waals surface area contributed by atoms with Gasteiger partial charge in [0.2, 0.25) is 11.7 Å². The molecule has 0 saturated heterocycles. The van der Waals surface area contributed by atoms with Gasteiger partial charge >= 0.3 is 5.97 Å². The Kier molecular flexibility index (Phi) is 5.82. The minimum atomic E-state index is -1.05. The van der Waals surface area contributed by atoms with Crippen LogP contribution >= 0.6 is 15.9 Å². The van der Waals surface area contributed by atoms with Crippen LogP contribution in [0.1, 0.15) is 12.0 Å². The van der Waals surface area contributed by atoms with Gasteiger partial charge in [-0.1, -0.05) is 6.07 Å². The maximum absolute atomic E-state index is 13.1. The van der Waals surface area contributed by atoms with E-state index in [2.05, 4.69) is 20.7 Å². The van der Waals surface area contributed by atoms with Gasteiger partial charge in [-0.15, -0.1) is 0 Å². The number of hydrogen-bond donors (Lipinski definition) is 0. The summed E-state index contributed by atoms with van der Waals surface area (Å²) in [5.41, 5.74) is 0.694. The number of nitrogens with zero attached hydrogens (tertiary/aromatic N) is 1. The van der Waals surface area contributed by atoms with Crippen LogP contribution in [-0.2, 0) is 25.7 Å². The number of amides is 1. The van der Waals surface area contributed by atoms with Gasteiger partial charge in [-0.2, -0.15) is 0 Å². The molecule has 1 amide bonds. The number of rotatable bonds is 5. The van der Waals surface area contributed by atoms with Gasteiger partial charge in [0.15, 0.2) is 0 Å². The molecule has 1 aromatic carbocycles. The van der Waals surface area contributed by atoms with Crippen molar-refractivity contribution in [1.29, 1.82) is 0 Å². The van der Waals surface area contributed by atoms with E-state index in [9.17, 15) is 18.8 Å². The summed E-state index contributed by atoms with van der Waals surface area (Å²) in [6, 6.07) is 4.35. The number of methoxy groups -OCH3 is 1. The van der Waals surface area contributed by atoms with Crippen molar-refractivity contribution in [3.63, 3.8) is 0 Å². The van der Waals surface area contributed by atoms with Crippen molar-refractivity contribution >= 4 is 33.6 Å². The van der Waals surface area contributed by atoms with Gasteiger partial charge in [-0.05, 0) is 33.6 Å². The van der Waals surface area contributed by atoms with E-state index in [1.54, 1.807) is 6.07 Å². The summed E-state index contributed by atoms with van der Waals surface area (Å²) in [5, 5.41) is 0. The van der Waals surface area contributed by atoms with Crippen LogP contribution in [-0.4, -0.2) is 36.7 Å². The van der Waals surface area contributed by atoms with Gasteiger partial charge in [-0.3, -0.25) is 9.59 Å². The van der Waals surface area contributed by atoms with E-state index in [-0.39, 0.29) is 6.54 Å². The quantitative estimate of drug-likeness (QED) is 0.462. The minimum Gasteiger partial charge on any atom is -0.463 e.